The average molecular weight is 368 g/mol. The van der Waals surface area contributed by atoms with E-state index in [2.05, 4.69) is 10.4 Å². The molecule has 27 heavy (non-hydrogen) atoms. The van der Waals surface area contributed by atoms with E-state index in [-0.39, 0.29) is 23.4 Å². The van der Waals surface area contributed by atoms with E-state index in [0.29, 0.717) is 37.8 Å². The van der Waals surface area contributed by atoms with Crippen molar-refractivity contribution in [1.82, 2.24) is 15.1 Å². The first-order valence-electron chi connectivity index (χ1n) is 9.18. The van der Waals surface area contributed by atoms with Crippen molar-refractivity contribution < 1.29 is 14.3 Å². The van der Waals surface area contributed by atoms with E-state index < -0.39 is 17.3 Å². The Morgan fingerprint density at radius 2 is 2.22 bits per heavy atom. The van der Waals surface area contributed by atoms with Crippen LogP contribution in [0.5, 0.6) is 0 Å². The number of hydrogen-bond acceptors (Lipinski definition) is 4. The molecule has 6 nitrogen and oxygen atoms in total. The molecule has 140 valence electrons. The Morgan fingerprint density at radius 3 is 2.89 bits per heavy atom. The molecular weight excluding hydrogens is 347 g/mol. The molecule has 2 fully saturated rings. The lowest BCUT2D eigenvalue weighted by Crippen LogP contribution is -2.45. The van der Waals surface area contributed by atoms with Crippen LogP contribution in [-0.2, 0) is 16.8 Å². The van der Waals surface area contributed by atoms with Crippen molar-refractivity contribution in [2.75, 3.05) is 0 Å². The number of nitrogens with one attached hydrogen (secondary N) is 1. The topological polar surface area (TPSA) is 90.9 Å². The van der Waals surface area contributed by atoms with Crippen LogP contribution in [0, 0.1) is 23.1 Å². The van der Waals surface area contributed by atoms with Crippen molar-refractivity contribution in [3.05, 3.63) is 53.6 Å². The fourth-order valence-corrected chi connectivity index (χ4v) is 4.10. The Hall–Kier alpha value is -2.72. The molecule has 0 saturated heterocycles. The highest BCUT2D eigenvalue weighted by molar-refractivity contribution is 5.91. The van der Waals surface area contributed by atoms with Gasteiger partial charge >= 0.3 is 0 Å². The highest BCUT2D eigenvalue weighted by atomic mass is 19.1. The van der Waals surface area contributed by atoms with Crippen LogP contribution < -0.4 is 5.32 Å². The molecule has 1 amide bonds. The number of hydrogen-bond donors (Lipinski definition) is 2. The van der Waals surface area contributed by atoms with E-state index in [1.807, 2.05) is 23.0 Å². The monoisotopic (exact) mass is 368 g/mol. The van der Waals surface area contributed by atoms with Crippen LogP contribution >= 0.6 is 0 Å². The number of nitrogens with zero attached hydrogens (tertiary/aromatic N) is 3. The predicted octanol–water partition coefficient (Wildman–Crippen LogP) is 1.88. The summed E-state index contributed by atoms with van der Waals surface area (Å²) in [7, 11) is 0. The van der Waals surface area contributed by atoms with E-state index in [1.54, 1.807) is 12.3 Å². The zero-order valence-electron chi connectivity index (χ0n) is 14.8. The molecule has 4 rings (SSSR count). The fraction of sp³-hybridized carbons (Fsp3) is 0.450. The number of rotatable bonds is 5. The second-order valence-electron chi connectivity index (χ2n) is 7.64. The van der Waals surface area contributed by atoms with Gasteiger partial charge in [0.05, 0.1) is 29.2 Å². The van der Waals surface area contributed by atoms with Crippen LogP contribution in [0.15, 0.2) is 36.7 Å². The van der Waals surface area contributed by atoms with Gasteiger partial charge in [0.1, 0.15) is 5.82 Å². The van der Waals surface area contributed by atoms with Gasteiger partial charge in [0.2, 0.25) is 5.91 Å². The van der Waals surface area contributed by atoms with Crippen molar-refractivity contribution in [1.29, 1.82) is 5.26 Å². The smallest absolute Gasteiger partial charge is 0.230 e. The standard InChI is InChI=1S/C20H21FN4O2/c21-16-7-13(11-22)6-15(10-16)20(2-3-20)19(27)24-17-8-14(9-18(17)26)12-25-5-1-4-23-25/h1,4-7,10,14,17-18,26H,2-3,8-9,12H2,(H,24,27)/t14?,17-,18-/m1/s1. The molecule has 3 atom stereocenters. The zero-order valence-corrected chi connectivity index (χ0v) is 14.8. The molecule has 2 aliphatic rings. The van der Waals surface area contributed by atoms with E-state index in [1.165, 1.54) is 6.07 Å². The maximum Gasteiger partial charge on any atom is 0.230 e. The van der Waals surface area contributed by atoms with Crippen LogP contribution in [0.4, 0.5) is 4.39 Å². The first-order chi connectivity index (χ1) is 13.0. The molecule has 7 heteroatoms. The summed E-state index contributed by atoms with van der Waals surface area (Å²) in [6.07, 6.45) is 5.52. The van der Waals surface area contributed by atoms with Crippen LogP contribution in [0.25, 0.3) is 0 Å². The quantitative estimate of drug-likeness (QED) is 0.843. The molecule has 1 aromatic carbocycles. The number of nitriles is 1. The Balaban J connectivity index is 1.44. The molecule has 1 heterocycles. The minimum absolute atomic E-state index is 0.194. The Labute approximate surface area is 156 Å². The molecule has 2 saturated carbocycles. The minimum atomic E-state index is -0.784. The number of aliphatic hydroxyl groups is 1. The van der Waals surface area contributed by atoms with Gasteiger partial charge in [-0.2, -0.15) is 10.4 Å². The van der Waals surface area contributed by atoms with Crippen LogP contribution in [0.1, 0.15) is 36.8 Å². The van der Waals surface area contributed by atoms with Gasteiger partial charge in [-0.3, -0.25) is 9.48 Å². The van der Waals surface area contributed by atoms with E-state index in [9.17, 15) is 14.3 Å². The molecule has 2 aliphatic carbocycles. The van der Waals surface area contributed by atoms with E-state index in [0.717, 1.165) is 6.07 Å². The molecule has 1 aromatic heterocycles. The van der Waals surface area contributed by atoms with Gasteiger partial charge in [-0.15, -0.1) is 0 Å². The van der Waals surface area contributed by atoms with Gasteiger partial charge in [-0.1, -0.05) is 0 Å². The SMILES string of the molecule is N#Cc1cc(F)cc(C2(C(=O)N[C@@H]3CC(Cn4cccn4)C[C@H]3O)CC2)c1. The normalized spacial score (nSPS) is 25.7. The average Bonchev–Trinajstić information content (AvgIpc) is 3.18. The fourth-order valence-electron chi connectivity index (χ4n) is 4.10. The first kappa shape index (κ1) is 17.7. The largest absolute Gasteiger partial charge is 0.391 e. The lowest BCUT2D eigenvalue weighted by molar-refractivity contribution is -0.125. The lowest BCUT2D eigenvalue weighted by atomic mass is 9.93. The second-order valence-corrected chi connectivity index (χ2v) is 7.64. The van der Waals surface area contributed by atoms with Gasteiger partial charge in [0.25, 0.3) is 0 Å². The highest BCUT2D eigenvalue weighted by Crippen LogP contribution is 2.49. The summed E-state index contributed by atoms with van der Waals surface area (Å²) in [5.41, 5.74) is -0.0329. The summed E-state index contributed by atoms with van der Waals surface area (Å²) >= 11 is 0. The zero-order chi connectivity index (χ0) is 19.0. The van der Waals surface area contributed by atoms with Crippen molar-refractivity contribution in [2.45, 2.75) is 49.8 Å². The van der Waals surface area contributed by atoms with Crippen molar-refractivity contribution >= 4 is 5.91 Å². The maximum atomic E-state index is 13.8. The number of aliphatic hydroxyl groups excluding tert-OH is 1. The minimum Gasteiger partial charge on any atom is -0.391 e. The molecule has 0 aliphatic heterocycles. The number of halogens is 1. The summed E-state index contributed by atoms with van der Waals surface area (Å²) in [5, 5.41) is 26.6. The Bertz CT molecular complexity index is 886. The van der Waals surface area contributed by atoms with Crippen LogP contribution in [0.2, 0.25) is 0 Å². The molecule has 0 radical (unpaired) electrons. The highest BCUT2D eigenvalue weighted by Gasteiger charge is 2.52. The molecule has 2 N–H and O–H groups in total. The van der Waals surface area contributed by atoms with Gasteiger partial charge < -0.3 is 10.4 Å². The molecule has 1 unspecified atom stereocenters. The maximum absolute atomic E-state index is 13.8. The van der Waals surface area contributed by atoms with Crippen LogP contribution in [-0.4, -0.2) is 32.9 Å². The van der Waals surface area contributed by atoms with E-state index in [4.69, 9.17) is 5.26 Å². The number of benzene rings is 1. The molecule has 2 aromatic rings. The second kappa shape index (κ2) is 6.78. The number of carbonyl (C=O) groups excluding carboxylic acids is 1. The third kappa shape index (κ3) is 3.45. The van der Waals surface area contributed by atoms with Gasteiger partial charge in [-0.05, 0) is 61.4 Å². The van der Waals surface area contributed by atoms with Crippen LogP contribution in [0.3, 0.4) is 0 Å². The molecule has 0 spiro atoms. The molecular formula is C20H21FN4O2. The van der Waals surface area contributed by atoms with Gasteiger partial charge in [0.15, 0.2) is 0 Å². The first-order valence-corrected chi connectivity index (χ1v) is 9.18. The predicted molar refractivity (Wildman–Crippen MR) is 94.9 cm³/mol. The number of carbonyl (C=O) groups is 1. The van der Waals surface area contributed by atoms with Gasteiger partial charge in [-0.25, -0.2) is 4.39 Å². The van der Waals surface area contributed by atoms with E-state index >= 15 is 0 Å². The third-order valence-electron chi connectivity index (χ3n) is 5.71. The van der Waals surface area contributed by atoms with Gasteiger partial charge in [0, 0.05) is 18.9 Å². The summed E-state index contributed by atoms with van der Waals surface area (Å²) in [5.74, 6) is -0.469. The molecule has 0 bridgehead atoms. The Kier molecular flexibility index (Phi) is 4.44. The summed E-state index contributed by atoms with van der Waals surface area (Å²) < 4.78 is 15.6. The Morgan fingerprint density at radius 1 is 1.41 bits per heavy atom. The van der Waals surface area contributed by atoms with Crippen molar-refractivity contribution in [3.8, 4) is 6.07 Å². The number of amides is 1. The van der Waals surface area contributed by atoms with Crippen molar-refractivity contribution in [3.63, 3.8) is 0 Å². The van der Waals surface area contributed by atoms with Crippen molar-refractivity contribution in [2.24, 2.45) is 5.92 Å². The lowest BCUT2D eigenvalue weighted by Gasteiger charge is -2.22. The number of aromatic nitrogens is 2. The summed E-state index contributed by atoms with van der Waals surface area (Å²) in [4.78, 5) is 12.9. The summed E-state index contributed by atoms with van der Waals surface area (Å²) in [6.45, 7) is 0.705. The summed E-state index contributed by atoms with van der Waals surface area (Å²) in [6, 6.07) is 7.55. The third-order valence-corrected chi connectivity index (χ3v) is 5.71.